The maximum absolute atomic E-state index is 12.1. The number of benzene rings is 1. The summed E-state index contributed by atoms with van der Waals surface area (Å²) in [7, 11) is 1.52. The van der Waals surface area contributed by atoms with E-state index in [0.29, 0.717) is 18.6 Å². The first kappa shape index (κ1) is 17.9. The lowest BCUT2D eigenvalue weighted by molar-refractivity contribution is -0.121. The lowest BCUT2D eigenvalue weighted by Gasteiger charge is -2.34. The highest BCUT2D eigenvalue weighted by atomic mass is 16.2. The van der Waals surface area contributed by atoms with Gasteiger partial charge in [0.1, 0.15) is 0 Å². The van der Waals surface area contributed by atoms with Gasteiger partial charge in [-0.3, -0.25) is 19.9 Å². The van der Waals surface area contributed by atoms with Gasteiger partial charge in [-0.2, -0.15) is 0 Å². The van der Waals surface area contributed by atoms with Gasteiger partial charge in [-0.05, 0) is 44.3 Å². The van der Waals surface area contributed by atoms with E-state index in [1.807, 2.05) is 0 Å². The van der Waals surface area contributed by atoms with Crippen molar-refractivity contribution in [2.45, 2.75) is 44.3 Å². The Hall–Kier alpha value is -1.92. The van der Waals surface area contributed by atoms with Crippen molar-refractivity contribution in [1.82, 2.24) is 20.4 Å². The minimum atomic E-state index is -0.438. The van der Waals surface area contributed by atoms with Gasteiger partial charge in [-0.1, -0.05) is 30.3 Å². The summed E-state index contributed by atoms with van der Waals surface area (Å²) in [6.07, 6.45) is 4.65. The normalized spacial score (nSPS) is 24.4. The van der Waals surface area contributed by atoms with Crippen LogP contribution in [0.2, 0.25) is 0 Å². The van der Waals surface area contributed by atoms with Gasteiger partial charge in [0.2, 0.25) is 5.91 Å². The number of urea groups is 1. The van der Waals surface area contributed by atoms with Crippen LogP contribution in [0.4, 0.5) is 4.79 Å². The van der Waals surface area contributed by atoms with Crippen LogP contribution >= 0.6 is 0 Å². The van der Waals surface area contributed by atoms with E-state index < -0.39 is 6.03 Å². The number of hydrogen-bond donors (Lipinski definition) is 2. The number of rotatable bonds is 5. The van der Waals surface area contributed by atoms with E-state index >= 15 is 0 Å². The first-order valence-electron chi connectivity index (χ1n) is 9.21. The molecule has 2 saturated heterocycles. The predicted molar refractivity (Wildman–Crippen MR) is 97.1 cm³/mol. The Kier molecular flexibility index (Phi) is 6.04. The van der Waals surface area contributed by atoms with Crippen molar-refractivity contribution in [3.63, 3.8) is 0 Å². The number of carbonyl (C=O) groups excluding carboxylic acids is 2. The van der Waals surface area contributed by atoms with Gasteiger partial charge in [0.25, 0.3) is 0 Å². The van der Waals surface area contributed by atoms with Crippen LogP contribution in [0.5, 0.6) is 0 Å². The van der Waals surface area contributed by atoms with Crippen LogP contribution in [0.25, 0.3) is 0 Å². The zero-order chi connectivity index (χ0) is 17.6. The summed E-state index contributed by atoms with van der Waals surface area (Å²) in [6.45, 7) is 3.32. The minimum Gasteiger partial charge on any atom is -0.341 e. The average molecular weight is 344 g/mol. The first-order chi connectivity index (χ1) is 12.2. The summed E-state index contributed by atoms with van der Waals surface area (Å²) in [4.78, 5) is 28.2. The van der Waals surface area contributed by atoms with Gasteiger partial charge in [0, 0.05) is 25.7 Å². The third-order valence-corrected chi connectivity index (χ3v) is 5.33. The minimum absolute atomic E-state index is 0.223. The molecule has 2 fully saturated rings. The molecule has 0 bridgehead atoms. The molecule has 136 valence electrons. The Bertz CT molecular complexity index is 592. The molecular weight excluding hydrogens is 316 g/mol. The highest BCUT2D eigenvalue weighted by Gasteiger charge is 2.38. The summed E-state index contributed by atoms with van der Waals surface area (Å²) >= 11 is 0. The number of likely N-dealkylation sites (tertiary alicyclic amines) is 2. The van der Waals surface area contributed by atoms with Crippen LogP contribution in [-0.2, 0) is 11.3 Å². The fourth-order valence-corrected chi connectivity index (χ4v) is 4.20. The van der Waals surface area contributed by atoms with Crippen LogP contribution in [0.1, 0.15) is 31.2 Å². The van der Waals surface area contributed by atoms with Crippen molar-refractivity contribution in [2.24, 2.45) is 0 Å². The molecule has 2 N–H and O–H groups in total. The fourth-order valence-electron chi connectivity index (χ4n) is 4.20. The summed E-state index contributed by atoms with van der Waals surface area (Å²) < 4.78 is 0. The van der Waals surface area contributed by atoms with Crippen LogP contribution in [0.3, 0.4) is 0 Å². The third kappa shape index (κ3) is 4.58. The van der Waals surface area contributed by atoms with E-state index in [9.17, 15) is 9.59 Å². The monoisotopic (exact) mass is 344 g/mol. The molecule has 3 rings (SSSR count). The summed E-state index contributed by atoms with van der Waals surface area (Å²) in [6, 6.07) is 11.0. The van der Waals surface area contributed by atoms with Gasteiger partial charge < -0.3 is 5.32 Å². The molecule has 2 aliphatic rings. The van der Waals surface area contributed by atoms with Crippen LogP contribution < -0.4 is 10.6 Å². The number of imide groups is 1. The second-order valence-corrected chi connectivity index (χ2v) is 6.97. The van der Waals surface area contributed by atoms with E-state index in [-0.39, 0.29) is 5.91 Å². The van der Waals surface area contributed by atoms with Gasteiger partial charge >= 0.3 is 6.03 Å². The molecular formula is C19H28N4O2. The van der Waals surface area contributed by atoms with Crippen molar-refractivity contribution >= 4 is 11.9 Å². The SMILES string of the molecule is CNC(=O)NC(=O)CN1CCC[C@H]1[C@@H]1CCCN1Cc1ccccc1. The van der Waals surface area contributed by atoms with Gasteiger partial charge in [-0.25, -0.2) is 4.79 Å². The molecule has 25 heavy (non-hydrogen) atoms. The Balaban J connectivity index is 1.60. The molecule has 0 spiro atoms. The van der Waals surface area contributed by atoms with E-state index in [1.54, 1.807) is 0 Å². The van der Waals surface area contributed by atoms with Crippen molar-refractivity contribution in [3.05, 3.63) is 35.9 Å². The second kappa shape index (κ2) is 8.45. The number of hydrogen-bond acceptors (Lipinski definition) is 4. The quantitative estimate of drug-likeness (QED) is 0.851. The first-order valence-corrected chi connectivity index (χ1v) is 9.21. The highest BCUT2D eigenvalue weighted by Crippen LogP contribution is 2.30. The molecule has 2 heterocycles. The number of carbonyl (C=O) groups is 2. The molecule has 0 radical (unpaired) electrons. The molecule has 6 heteroatoms. The van der Waals surface area contributed by atoms with E-state index in [0.717, 1.165) is 32.5 Å². The number of nitrogens with one attached hydrogen (secondary N) is 2. The third-order valence-electron chi connectivity index (χ3n) is 5.33. The van der Waals surface area contributed by atoms with Crippen molar-refractivity contribution in [1.29, 1.82) is 0 Å². The van der Waals surface area contributed by atoms with Crippen LogP contribution in [0, 0.1) is 0 Å². The number of nitrogens with zero attached hydrogens (tertiary/aromatic N) is 2. The summed E-state index contributed by atoms with van der Waals surface area (Å²) in [5, 5.41) is 4.80. The Labute approximate surface area is 149 Å². The predicted octanol–water partition coefficient (Wildman–Crippen LogP) is 1.57. The summed E-state index contributed by atoms with van der Waals surface area (Å²) in [5.41, 5.74) is 1.34. The largest absolute Gasteiger partial charge is 0.341 e. The van der Waals surface area contributed by atoms with Crippen molar-refractivity contribution < 1.29 is 9.59 Å². The molecule has 6 nitrogen and oxygen atoms in total. The van der Waals surface area contributed by atoms with Crippen LogP contribution in [-0.4, -0.2) is 60.5 Å². The Morgan fingerprint density at radius 2 is 1.68 bits per heavy atom. The molecule has 3 amide bonds. The molecule has 1 aromatic carbocycles. The maximum Gasteiger partial charge on any atom is 0.321 e. The molecule has 2 atom stereocenters. The van der Waals surface area contributed by atoms with Crippen molar-refractivity contribution in [2.75, 3.05) is 26.7 Å². The molecule has 1 aromatic rings. The topological polar surface area (TPSA) is 64.7 Å². The zero-order valence-corrected chi connectivity index (χ0v) is 14.9. The number of amides is 3. The smallest absolute Gasteiger partial charge is 0.321 e. The molecule has 0 aliphatic carbocycles. The van der Waals surface area contributed by atoms with E-state index in [1.165, 1.54) is 25.5 Å². The Morgan fingerprint density at radius 1 is 1.04 bits per heavy atom. The van der Waals surface area contributed by atoms with Crippen LogP contribution in [0.15, 0.2) is 30.3 Å². The Morgan fingerprint density at radius 3 is 2.36 bits per heavy atom. The van der Waals surface area contributed by atoms with E-state index in [4.69, 9.17) is 0 Å². The molecule has 0 saturated carbocycles. The van der Waals surface area contributed by atoms with Gasteiger partial charge in [0.05, 0.1) is 6.54 Å². The van der Waals surface area contributed by atoms with Crippen molar-refractivity contribution in [3.8, 4) is 0 Å². The fraction of sp³-hybridized carbons (Fsp3) is 0.579. The highest BCUT2D eigenvalue weighted by molar-refractivity contribution is 5.95. The molecule has 0 unspecified atom stereocenters. The van der Waals surface area contributed by atoms with E-state index in [2.05, 4.69) is 50.8 Å². The average Bonchev–Trinajstić information content (AvgIpc) is 3.24. The zero-order valence-electron chi connectivity index (χ0n) is 14.9. The summed E-state index contributed by atoms with van der Waals surface area (Å²) in [5.74, 6) is -0.223. The molecule has 2 aliphatic heterocycles. The lowest BCUT2D eigenvalue weighted by atomic mass is 10.0. The second-order valence-electron chi connectivity index (χ2n) is 6.97. The maximum atomic E-state index is 12.1. The lowest BCUT2D eigenvalue weighted by Crippen LogP contribution is -2.50. The standard InChI is InChI=1S/C19H28N4O2/c1-20-19(25)21-18(24)14-23-12-6-10-17(23)16-9-5-11-22(16)13-15-7-3-2-4-8-15/h2-4,7-8,16-17H,5-6,9-14H2,1H3,(H2,20,21,24,25)/t16-,17-/m0/s1. The molecule has 0 aromatic heterocycles. The van der Waals surface area contributed by atoms with Gasteiger partial charge in [0.15, 0.2) is 0 Å². The van der Waals surface area contributed by atoms with Gasteiger partial charge in [-0.15, -0.1) is 0 Å².